The Balaban J connectivity index is 1.28. The molecule has 194 valence electrons. The van der Waals surface area contributed by atoms with E-state index >= 15 is 0 Å². The normalized spacial score (nSPS) is 30.0. The highest BCUT2D eigenvalue weighted by molar-refractivity contribution is 6.00. The molecule has 2 aromatic rings. The number of nitrogens with zero attached hydrogens (tertiary/aromatic N) is 1. The first kappa shape index (κ1) is 24.2. The molecule has 0 spiro atoms. The van der Waals surface area contributed by atoms with Gasteiger partial charge < -0.3 is 15.7 Å². The van der Waals surface area contributed by atoms with E-state index in [1.807, 2.05) is 42.5 Å². The molecule has 6 rings (SSSR count). The third kappa shape index (κ3) is 4.04. The summed E-state index contributed by atoms with van der Waals surface area (Å²) >= 11 is 0. The predicted octanol–water partition coefficient (Wildman–Crippen LogP) is 4.09. The first-order valence-corrected chi connectivity index (χ1v) is 13.7. The molecule has 7 heteroatoms. The van der Waals surface area contributed by atoms with Crippen molar-refractivity contribution in [1.29, 1.82) is 5.41 Å². The Labute approximate surface area is 218 Å². The lowest BCUT2D eigenvalue weighted by atomic mass is 9.75. The van der Waals surface area contributed by atoms with E-state index in [1.165, 1.54) is 6.42 Å². The topological polar surface area (TPSA) is 106 Å². The Kier molecular flexibility index (Phi) is 5.86. The number of hydrogen-bond donors (Lipinski definition) is 4. The monoisotopic (exact) mass is 500 g/mol. The van der Waals surface area contributed by atoms with Crippen molar-refractivity contribution in [3.8, 4) is 0 Å². The van der Waals surface area contributed by atoms with Crippen molar-refractivity contribution in [2.45, 2.75) is 76.1 Å². The summed E-state index contributed by atoms with van der Waals surface area (Å²) in [5.41, 5.74) is 3.06. The smallest absolute Gasteiger partial charge is 0.251 e. The van der Waals surface area contributed by atoms with Crippen LogP contribution in [0, 0.1) is 23.2 Å². The van der Waals surface area contributed by atoms with Crippen LogP contribution >= 0.6 is 0 Å². The van der Waals surface area contributed by atoms with Crippen LogP contribution in [-0.2, 0) is 11.2 Å². The molecule has 4 aliphatic rings. The number of guanidine groups is 1. The van der Waals surface area contributed by atoms with Gasteiger partial charge in [-0.05, 0) is 72.3 Å². The second-order valence-corrected chi connectivity index (χ2v) is 11.5. The molecular formula is C30H36N4O3. The lowest BCUT2D eigenvalue weighted by Crippen LogP contribution is -2.63. The lowest BCUT2D eigenvalue weighted by molar-refractivity contribution is -0.134. The first-order valence-electron chi connectivity index (χ1n) is 13.7. The molecule has 0 bridgehead atoms. The van der Waals surface area contributed by atoms with Crippen LogP contribution in [0.3, 0.4) is 0 Å². The van der Waals surface area contributed by atoms with Crippen LogP contribution in [0.2, 0.25) is 0 Å². The summed E-state index contributed by atoms with van der Waals surface area (Å²) < 4.78 is 0. The minimum Gasteiger partial charge on any atom is -0.390 e. The highest BCUT2D eigenvalue weighted by Crippen LogP contribution is 2.64. The zero-order valence-electron chi connectivity index (χ0n) is 21.5. The van der Waals surface area contributed by atoms with Gasteiger partial charge in [-0.2, -0.15) is 0 Å². The average Bonchev–Trinajstić information content (AvgIpc) is 3.44. The molecule has 3 aliphatic carbocycles. The number of hydrogen-bond acceptors (Lipinski definition) is 4. The highest BCUT2D eigenvalue weighted by atomic mass is 16.3. The van der Waals surface area contributed by atoms with Gasteiger partial charge >= 0.3 is 0 Å². The van der Waals surface area contributed by atoms with Crippen molar-refractivity contribution in [3.63, 3.8) is 0 Å². The molecule has 0 aromatic heterocycles. The van der Waals surface area contributed by atoms with Crippen molar-refractivity contribution in [2.24, 2.45) is 17.8 Å². The van der Waals surface area contributed by atoms with E-state index in [-0.39, 0.29) is 29.4 Å². The van der Waals surface area contributed by atoms with Gasteiger partial charge in [0.15, 0.2) is 5.96 Å². The van der Waals surface area contributed by atoms with Crippen molar-refractivity contribution in [1.82, 2.24) is 15.5 Å². The number of fused-ring (bicyclic) bond motifs is 2. The zero-order chi connectivity index (χ0) is 25.9. The molecule has 3 fully saturated rings. The Morgan fingerprint density at radius 2 is 1.97 bits per heavy atom. The van der Waals surface area contributed by atoms with Gasteiger partial charge in [0.2, 0.25) is 5.91 Å². The number of aliphatic hydroxyl groups excluding tert-OH is 1. The predicted molar refractivity (Wildman–Crippen MR) is 141 cm³/mol. The molecule has 1 aliphatic heterocycles. The number of amides is 2. The molecule has 0 radical (unpaired) electrons. The third-order valence-electron chi connectivity index (χ3n) is 9.50. The number of carbonyl (C=O) groups is 2. The fraction of sp³-hybridized carbons (Fsp3) is 0.500. The molecule has 37 heavy (non-hydrogen) atoms. The van der Waals surface area contributed by atoms with Crippen LogP contribution in [0.5, 0.6) is 0 Å². The van der Waals surface area contributed by atoms with Crippen molar-refractivity contribution in [2.75, 3.05) is 0 Å². The van der Waals surface area contributed by atoms with Gasteiger partial charge in [-0.3, -0.25) is 19.9 Å². The summed E-state index contributed by atoms with van der Waals surface area (Å²) in [5, 5.41) is 25.9. The fourth-order valence-corrected chi connectivity index (χ4v) is 7.01. The molecule has 6 atom stereocenters. The second-order valence-electron chi connectivity index (χ2n) is 11.5. The number of nitrogens with one attached hydrogen (secondary N) is 3. The molecule has 2 saturated carbocycles. The van der Waals surface area contributed by atoms with Crippen LogP contribution in [-0.4, -0.2) is 39.4 Å². The summed E-state index contributed by atoms with van der Waals surface area (Å²) in [6.07, 6.45) is 4.06. The molecule has 4 N–H and O–H groups in total. The number of carbonyl (C=O) groups excluding carboxylic acids is 2. The summed E-state index contributed by atoms with van der Waals surface area (Å²) in [6.45, 7) is 4.12. The van der Waals surface area contributed by atoms with Gasteiger partial charge in [0.05, 0.1) is 24.6 Å². The molecule has 2 amide bonds. The quantitative estimate of drug-likeness (QED) is 0.460. The van der Waals surface area contributed by atoms with Crippen molar-refractivity contribution in [3.05, 3.63) is 70.8 Å². The first-order chi connectivity index (χ1) is 17.8. The van der Waals surface area contributed by atoms with Crippen molar-refractivity contribution >= 4 is 17.8 Å². The molecule has 1 saturated heterocycles. The summed E-state index contributed by atoms with van der Waals surface area (Å²) in [4.78, 5) is 28.6. The van der Waals surface area contributed by atoms with Crippen LogP contribution in [0.15, 0.2) is 48.5 Å². The largest absolute Gasteiger partial charge is 0.390 e. The van der Waals surface area contributed by atoms with E-state index in [0.717, 1.165) is 41.9 Å². The van der Waals surface area contributed by atoms with Crippen LogP contribution in [0.4, 0.5) is 0 Å². The molecule has 4 unspecified atom stereocenters. The molecule has 1 heterocycles. The van der Waals surface area contributed by atoms with E-state index in [1.54, 1.807) is 11.0 Å². The minimum atomic E-state index is -0.658. The van der Waals surface area contributed by atoms with Crippen LogP contribution in [0.25, 0.3) is 0 Å². The van der Waals surface area contributed by atoms with E-state index < -0.39 is 12.1 Å². The number of aliphatic hydroxyl groups is 1. The van der Waals surface area contributed by atoms with Gasteiger partial charge in [0, 0.05) is 17.5 Å². The van der Waals surface area contributed by atoms with Crippen LogP contribution in [0.1, 0.15) is 85.1 Å². The molecular weight excluding hydrogens is 464 g/mol. The van der Waals surface area contributed by atoms with Crippen LogP contribution < -0.4 is 10.6 Å². The zero-order valence-corrected chi connectivity index (χ0v) is 21.5. The Morgan fingerprint density at radius 1 is 1.19 bits per heavy atom. The van der Waals surface area contributed by atoms with Gasteiger partial charge in [-0.25, -0.2) is 0 Å². The van der Waals surface area contributed by atoms with E-state index in [9.17, 15) is 14.7 Å². The third-order valence-corrected chi connectivity index (χ3v) is 9.50. The van der Waals surface area contributed by atoms with Gasteiger partial charge in [-0.15, -0.1) is 0 Å². The maximum atomic E-state index is 13.6. The number of rotatable bonds is 7. The van der Waals surface area contributed by atoms with E-state index in [2.05, 4.69) is 24.5 Å². The van der Waals surface area contributed by atoms with Gasteiger partial charge in [0.25, 0.3) is 5.91 Å². The fourth-order valence-electron chi connectivity index (χ4n) is 7.01. The maximum absolute atomic E-state index is 13.6. The highest BCUT2D eigenvalue weighted by Gasteiger charge is 2.58. The molecule has 7 nitrogen and oxygen atoms in total. The standard InChI is InChI=1S/C30H36N4O3/c1-3-30(4-2)16-25(36)34(29(31)33-30)27(23-14-20-13-22(20)23)18-9-7-10-19(12-18)28(37)32-26-21-11-6-5-8-17(21)15-24(26)35/h5-12,20,22-24,26-27,35H,3-4,13-16H2,1-2H3,(H2,31,33)(H,32,37)/t20?,22?,23-,24-,26?,27?/m1/s1. The van der Waals surface area contributed by atoms with Gasteiger partial charge in [-0.1, -0.05) is 50.2 Å². The van der Waals surface area contributed by atoms with Crippen molar-refractivity contribution < 1.29 is 14.7 Å². The summed E-state index contributed by atoms with van der Waals surface area (Å²) in [6, 6.07) is 14.6. The Hall–Kier alpha value is -3.19. The SMILES string of the molecule is CCC1(CC)CC(=O)N(C(c2cccc(C(=O)NC3c4ccccc4C[C@H]3O)c2)[C@@H]2CC3CC32)C(=N)N1. The second kappa shape index (κ2) is 8.98. The Morgan fingerprint density at radius 3 is 2.65 bits per heavy atom. The van der Waals surface area contributed by atoms with E-state index in [4.69, 9.17) is 5.41 Å². The maximum Gasteiger partial charge on any atom is 0.251 e. The Bertz CT molecular complexity index is 1230. The lowest BCUT2D eigenvalue weighted by Gasteiger charge is -2.48. The van der Waals surface area contributed by atoms with E-state index in [0.29, 0.717) is 30.2 Å². The van der Waals surface area contributed by atoms with Gasteiger partial charge in [0.1, 0.15) is 0 Å². The number of benzene rings is 2. The summed E-state index contributed by atoms with van der Waals surface area (Å²) in [7, 11) is 0. The molecule has 2 aromatic carbocycles. The minimum absolute atomic E-state index is 0.0120. The summed E-state index contributed by atoms with van der Waals surface area (Å²) in [5.74, 6) is 1.56. The average molecular weight is 501 g/mol.